The number of allylic oxidation sites excluding steroid dienone is 2. The van der Waals surface area contributed by atoms with Gasteiger partial charge in [0.1, 0.15) is 0 Å². The predicted octanol–water partition coefficient (Wildman–Crippen LogP) is 3.25. The highest BCUT2D eigenvalue weighted by molar-refractivity contribution is 6.29. The van der Waals surface area contributed by atoms with Crippen LogP contribution in [0.4, 0.5) is 0 Å². The van der Waals surface area contributed by atoms with Crippen molar-refractivity contribution in [2.75, 3.05) is 19.6 Å². The normalized spacial score (nSPS) is 32.9. The van der Waals surface area contributed by atoms with Crippen molar-refractivity contribution in [3.8, 4) is 0 Å². The number of halogens is 1. The summed E-state index contributed by atoms with van der Waals surface area (Å²) in [4.78, 5) is 2.63. The Morgan fingerprint density at radius 1 is 1.43 bits per heavy atom. The molecule has 2 rings (SSSR count). The Morgan fingerprint density at radius 2 is 2.21 bits per heavy atom. The molecule has 0 saturated carbocycles. The number of hydrogen-bond donors (Lipinski definition) is 0. The van der Waals surface area contributed by atoms with Gasteiger partial charge in [-0.25, -0.2) is 0 Å². The minimum Gasteiger partial charge on any atom is -0.303 e. The Morgan fingerprint density at radius 3 is 3.00 bits per heavy atom. The highest BCUT2D eigenvalue weighted by atomic mass is 35.5. The van der Waals surface area contributed by atoms with Crippen molar-refractivity contribution in [1.82, 2.24) is 4.90 Å². The van der Waals surface area contributed by atoms with Gasteiger partial charge in [-0.2, -0.15) is 0 Å². The van der Waals surface area contributed by atoms with Gasteiger partial charge in [0.05, 0.1) is 0 Å². The fraction of sp³-hybridized carbons (Fsp3) is 0.833. The minimum absolute atomic E-state index is 0.851. The van der Waals surface area contributed by atoms with Gasteiger partial charge in [-0.1, -0.05) is 31.0 Å². The van der Waals surface area contributed by atoms with E-state index in [1.54, 1.807) is 0 Å². The summed E-state index contributed by atoms with van der Waals surface area (Å²) in [6.45, 7) is 6.16. The molecule has 0 aromatic heterocycles. The van der Waals surface area contributed by atoms with E-state index >= 15 is 0 Å². The summed E-state index contributed by atoms with van der Waals surface area (Å²) in [5.74, 6) is 1.75. The first-order chi connectivity index (χ1) is 6.79. The molecule has 2 aliphatic rings. The van der Waals surface area contributed by atoms with Crippen molar-refractivity contribution in [1.29, 1.82) is 0 Å². The molecule has 0 aromatic rings. The van der Waals surface area contributed by atoms with E-state index in [-0.39, 0.29) is 0 Å². The minimum atomic E-state index is 0.851. The zero-order valence-electron chi connectivity index (χ0n) is 9.01. The summed E-state index contributed by atoms with van der Waals surface area (Å²) >= 11 is 6.08. The van der Waals surface area contributed by atoms with Crippen LogP contribution in [0, 0.1) is 11.8 Å². The van der Waals surface area contributed by atoms with Crippen molar-refractivity contribution in [2.24, 2.45) is 11.8 Å². The van der Waals surface area contributed by atoms with Crippen LogP contribution in [0.3, 0.4) is 0 Å². The van der Waals surface area contributed by atoms with Crippen LogP contribution in [0.15, 0.2) is 11.1 Å². The van der Waals surface area contributed by atoms with Crippen LogP contribution >= 0.6 is 11.6 Å². The maximum Gasteiger partial charge on any atom is 0.0144 e. The lowest BCUT2D eigenvalue weighted by atomic mass is 9.86. The molecule has 1 aliphatic carbocycles. The third-order valence-electron chi connectivity index (χ3n) is 3.58. The summed E-state index contributed by atoms with van der Waals surface area (Å²) in [7, 11) is 0. The summed E-state index contributed by atoms with van der Waals surface area (Å²) < 4.78 is 0. The Balaban J connectivity index is 1.84. The van der Waals surface area contributed by atoms with Gasteiger partial charge in [-0.05, 0) is 37.6 Å². The summed E-state index contributed by atoms with van der Waals surface area (Å²) in [6, 6.07) is 0. The Hall–Kier alpha value is -0.0100. The van der Waals surface area contributed by atoms with Gasteiger partial charge in [0, 0.05) is 18.1 Å². The molecule has 1 aliphatic heterocycles. The van der Waals surface area contributed by atoms with Crippen molar-refractivity contribution >= 4 is 11.6 Å². The zero-order chi connectivity index (χ0) is 9.97. The topological polar surface area (TPSA) is 3.24 Å². The summed E-state index contributed by atoms with van der Waals surface area (Å²) in [5, 5.41) is 1.10. The van der Waals surface area contributed by atoms with E-state index in [4.69, 9.17) is 11.6 Å². The Kier molecular flexibility index (Phi) is 3.51. The fourth-order valence-electron chi connectivity index (χ4n) is 2.71. The molecule has 0 spiro atoms. The number of rotatable bonds is 3. The molecule has 0 aromatic carbocycles. The van der Waals surface area contributed by atoms with Crippen molar-refractivity contribution in [3.05, 3.63) is 11.1 Å². The van der Waals surface area contributed by atoms with E-state index in [1.165, 1.54) is 38.9 Å². The summed E-state index contributed by atoms with van der Waals surface area (Å²) in [6.07, 6.45) is 7.23. The van der Waals surface area contributed by atoms with Gasteiger partial charge >= 0.3 is 0 Å². The van der Waals surface area contributed by atoms with Crippen molar-refractivity contribution < 1.29 is 0 Å². The molecule has 1 saturated heterocycles. The van der Waals surface area contributed by atoms with Crippen LogP contribution in [0.5, 0.6) is 0 Å². The molecule has 0 radical (unpaired) electrons. The van der Waals surface area contributed by atoms with Crippen LogP contribution in [-0.4, -0.2) is 24.5 Å². The van der Waals surface area contributed by atoms with Crippen LogP contribution in [0.2, 0.25) is 0 Å². The molecule has 14 heavy (non-hydrogen) atoms. The third kappa shape index (κ3) is 2.32. The van der Waals surface area contributed by atoms with Gasteiger partial charge in [0.2, 0.25) is 0 Å². The highest BCUT2D eigenvalue weighted by Gasteiger charge is 2.33. The van der Waals surface area contributed by atoms with E-state index in [0.717, 1.165) is 23.3 Å². The molecule has 1 fully saturated rings. The first-order valence-corrected chi connectivity index (χ1v) is 6.24. The first-order valence-electron chi connectivity index (χ1n) is 5.86. The lowest BCUT2D eigenvalue weighted by Gasteiger charge is -2.20. The number of likely N-dealkylation sites (tertiary alicyclic amines) is 1. The fourth-order valence-corrected chi connectivity index (χ4v) is 3.00. The maximum absolute atomic E-state index is 6.08. The quantitative estimate of drug-likeness (QED) is 0.696. The molecule has 2 heteroatoms. The lowest BCUT2D eigenvalue weighted by molar-refractivity contribution is 0.316. The molecule has 0 unspecified atom stereocenters. The smallest absolute Gasteiger partial charge is 0.0144 e. The van der Waals surface area contributed by atoms with Crippen LogP contribution in [0.25, 0.3) is 0 Å². The second-order valence-electron chi connectivity index (χ2n) is 4.72. The van der Waals surface area contributed by atoms with Crippen LogP contribution in [-0.2, 0) is 0 Å². The summed E-state index contributed by atoms with van der Waals surface area (Å²) in [5.41, 5.74) is 0. The second kappa shape index (κ2) is 4.67. The first kappa shape index (κ1) is 10.5. The molecule has 1 nitrogen and oxygen atoms in total. The predicted molar refractivity (Wildman–Crippen MR) is 61.5 cm³/mol. The molecule has 1 heterocycles. The SMILES string of the molecule is CCCCN1C[C@H]2CC(Cl)=CC[C@H]2C1. The van der Waals surface area contributed by atoms with Crippen LogP contribution < -0.4 is 0 Å². The molecular formula is C12H20ClN. The number of hydrogen-bond acceptors (Lipinski definition) is 1. The third-order valence-corrected chi connectivity index (χ3v) is 3.89. The lowest BCUT2D eigenvalue weighted by Crippen LogP contribution is -2.21. The second-order valence-corrected chi connectivity index (χ2v) is 5.21. The monoisotopic (exact) mass is 213 g/mol. The maximum atomic E-state index is 6.08. The average molecular weight is 214 g/mol. The van der Waals surface area contributed by atoms with Crippen molar-refractivity contribution in [3.63, 3.8) is 0 Å². The Bertz CT molecular complexity index is 224. The van der Waals surface area contributed by atoms with E-state index in [9.17, 15) is 0 Å². The largest absolute Gasteiger partial charge is 0.303 e. The van der Waals surface area contributed by atoms with Gasteiger partial charge in [-0.15, -0.1) is 0 Å². The number of unbranched alkanes of at least 4 members (excludes halogenated alkanes) is 1. The highest BCUT2D eigenvalue weighted by Crippen LogP contribution is 2.36. The van der Waals surface area contributed by atoms with E-state index in [1.807, 2.05) is 0 Å². The molecule has 2 atom stereocenters. The van der Waals surface area contributed by atoms with Gasteiger partial charge in [0.25, 0.3) is 0 Å². The van der Waals surface area contributed by atoms with Gasteiger partial charge < -0.3 is 4.90 Å². The number of nitrogens with zero attached hydrogens (tertiary/aromatic N) is 1. The van der Waals surface area contributed by atoms with Crippen LogP contribution in [0.1, 0.15) is 32.6 Å². The van der Waals surface area contributed by atoms with E-state index in [2.05, 4.69) is 17.9 Å². The average Bonchev–Trinajstić information content (AvgIpc) is 2.56. The molecule has 0 bridgehead atoms. The van der Waals surface area contributed by atoms with Gasteiger partial charge in [-0.3, -0.25) is 0 Å². The van der Waals surface area contributed by atoms with Crippen molar-refractivity contribution in [2.45, 2.75) is 32.6 Å². The standard InChI is InChI=1S/C12H20ClN/c1-2-3-6-14-8-10-4-5-12(13)7-11(10)9-14/h5,10-11H,2-4,6-9H2,1H3/t10-,11+/m0/s1. The molecule has 0 N–H and O–H groups in total. The zero-order valence-corrected chi connectivity index (χ0v) is 9.76. The van der Waals surface area contributed by atoms with Gasteiger partial charge in [0.15, 0.2) is 0 Å². The van der Waals surface area contributed by atoms with E-state index < -0.39 is 0 Å². The molecular weight excluding hydrogens is 194 g/mol. The molecule has 80 valence electrons. The number of fused-ring (bicyclic) bond motifs is 1. The van der Waals surface area contributed by atoms with E-state index in [0.29, 0.717) is 0 Å². The molecule has 0 amide bonds. The Labute approximate surface area is 92.1 Å².